The second kappa shape index (κ2) is 8.71. The number of hydrogen-bond donors (Lipinski definition) is 1. The summed E-state index contributed by atoms with van der Waals surface area (Å²) in [5, 5.41) is 3.40. The van der Waals surface area contributed by atoms with E-state index in [2.05, 4.69) is 70.4 Å². The van der Waals surface area contributed by atoms with Crippen molar-refractivity contribution in [3.05, 3.63) is 54.3 Å². The zero-order valence-electron chi connectivity index (χ0n) is 14.2. The molecule has 1 aromatic rings. The van der Waals surface area contributed by atoms with Crippen LogP contribution in [-0.2, 0) is 6.42 Å². The summed E-state index contributed by atoms with van der Waals surface area (Å²) in [5.74, 6) is 1.07. The number of nitrogens with one attached hydrogen (secondary N) is 1. The summed E-state index contributed by atoms with van der Waals surface area (Å²) in [7, 11) is 0. The molecule has 0 saturated carbocycles. The zero-order chi connectivity index (χ0) is 15.8. The molecule has 0 bridgehead atoms. The first kappa shape index (κ1) is 17.6. The summed E-state index contributed by atoms with van der Waals surface area (Å²) in [6.07, 6.45) is 4.74. The average Bonchev–Trinajstić information content (AvgIpc) is 2.43. The van der Waals surface area contributed by atoms with E-state index >= 15 is 0 Å². The maximum Gasteiger partial charge on any atom is 0.0384 e. The molecule has 1 rings (SSSR count). The highest BCUT2D eigenvalue weighted by atomic mass is 14.9. The molecule has 0 unspecified atom stereocenters. The predicted molar refractivity (Wildman–Crippen MR) is 95.6 cm³/mol. The summed E-state index contributed by atoms with van der Waals surface area (Å²) in [6, 6.07) is 8.68. The molecule has 1 nitrogen and oxygen atoms in total. The van der Waals surface area contributed by atoms with Crippen LogP contribution in [-0.4, -0.2) is 0 Å². The van der Waals surface area contributed by atoms with E-state index in [4.69, 9.17) is 0 Å². The third-order valence-corrected chi connectivity index (χ3v) is 3.96. The van der Waals surface area contributed by atoms with Crippen molar-refractivity contribution in [3.63, 3.8) is 0 Å². The quantitative estimate of drug-likeness (QED) is 0.421. The Labute approximate surface area is 131 Å². The molecular formula is C20H31N. The van der Waals surface area contributed by atoms with Crippen molar-refractivity contribution in [1.29, 1.82) is 0 Å². The fourth-order valence-electron chi connectivity index (χ4n) is 2.10. The predicted octanol–water partition coefficient (Wildman–Crippen LogP) is 6.19. The normalized spacial score (nSPS) is 11.0. The highest BCUT2D eigenvalue weighted by Crippen LogP contribution is 2.19. The van der Waals surface area contributed by atoms with Gasteiger partial charge in [-0.1, -0.05) is 58.6 Å². The number of unbranched alkanes of at least 4 members (excludes halogenated alkanes) is 1. The molecule has 21 heavy (non-hydrogen) atoms. The van der Waals surface area contributed by atoms with Gasteiger partial charge in [-0.25, -0.2) is 0 Å². The van der Waals surface area contributed by atoms with Crippen molar-refractivity contribution < 1.29 is 0 Å². The Hall–Kier alpha value is -1.50. The van der Waals surface area contributed by atoms with E-state index in [1.54, 1.807) is 0 Å². The van der Waals surface area contributed by atoms with Gasteiger partial charge in [0.1, 0.15) is 0 Å². The van der Waals surface area contributed by atoms with Crippen LogP contribution in [0.15, 0.2) is 48.7 Å². The first-order valence-corrected chi connectivity index (χ1v) is 8.12. The molecule has 0 aliphatic rings. The summed E-state index contributed by atoms with van der Waals surface area (Å²) >= 11 is 0. The second-order valence-corrected chi connectivity index (χ2v) is 6.53. The Morgan fingerprint density at radius 2 is 1.76 bits per heavy atom. The molecule has 0 amide bonds. The minimum Gasteiger partial charge on any atom is -0.359 e. The average molecular weight is 285 g/mol. The summed E-state index contributed by atoms with van der Waals surface area (Å²) in [4.78, 5) is 0. The molecule has 0 aromatic heterocycles. The van der Waals surface area contributed by atoms with Crippen molar-refractivity contribution in [2.75, 3.05) is 5.32 Å². The van der Waals surface area contributed by atoms with Crippen LogP contribution in [0.1, 0.15) is 52.5 Å². The molecule has 0 heterocycles. The molecule has 1 heteroatoms. The van der Waals surface area contributed by atoms with Gasteiger partial charge in [0.25, 0.3) is 0 Å². The Morgan fingerprint density at radius 1 is 1.05 bits per heavy atom. The van der Waals surface area contributed by atoms with Crippen LogP contribution in [0.4, 0.5) is 5.69 Å². The largest absolute Gasteiger partial charge is 0.359 e. The molecule has 1 N–H and O–H groups in total. The lowest BCUT2D eigenvalue weighted by Gasteiger charge is -2.14. The van der Waals surface area contributed by atoms with E-state index in [0.717, 1.165) is 24.2 Å². The third kappa shape index (κ3) is 6.66. The van der Waals surface area contributed by atoms with E-state index in [9.17, 15) is 0 Å². The number of aryl methyl sites for hydroxylation is 1. The van der Waals surface area contributed by atoms with Gasteiger partial charge in [0.2, 0.25) is 0 Å². The van der Waals surface area contributed by atoms with E-state index < -0.39 is 0 Å². The van der Waals surface area contributed by atoms with Crippen molar-refractivity contribution in [3.8, 4) is 0 Å². The molecule has 0 radical (unpaired) electrons. The van der Waals surface area contributed by atoms with Crippen molar-refractivity contribution in [2.24, 2.45) is 11.8 Å². The fraction of sp³-hybridized carbons (Fsp3) is 0.500. The number of anilines is 1. The Morgan fingerprint density at radius 3 is 2.38 bits per heavy atom. The van der Waals surface area contributed by atoms with Crippen LogP contribution < -0.4 is 5.32 Å². The maximum absolute atomic E-state index is 4.14. The highest BCUT2D eigenvalue weighted by molar-refractivity contribution is 5.50. The lowest BCUT2D eigenvalue weighted by molar-refractivity contribution is 0.657. The van der Waals surface area contributed by atoms with Gasteiger partial charge in [-0.05, 0) is 55.2 Å². The summed E-state index contributed by atoms with van der Waals surface area (Å²) in [5.41, 5.74) is 4.99. The van der Waals surface area contributed by atoms with Gasteiger partial charge >= 0.3 is 0 Å². The lowest BCUT2D eigenvalue weighted by atomic mass is 9.98. The van der Waals surface area contributed by atoms with Gasteiger partial charge < -0.3 is 5.32 Å². The molecule has 0 aliphatic carbocycles. The SMILES string of the molecule is C=C(CCCCc1cccc(NC(=C)C(C)C)c1)C(C)C. The van der Waals surface area contributed by atoms with Gasteiger partial charge in [0.05, 0.1) is 0 Å². The van der Waals surface area contributed by atoms with Crippen molar-refractivity contribution in [1.82, 2.24) is 0 Å². The van der Waals surface area contributed by atoms with Gasteiger partial charge in [-0.15, -0.1) is 0 Å². The Bertz CT molecular complexity index is 468. The standard InChI is InChI=1S/C20H31N/c1-15(2)17(5)10-7-8-11-19-12-9-13-20(14-19)21-18(6)16(3)4/h9,12-16,21H,5-8,10-11H2,1-4H3. The number of rotatable bonds is 9. The summed E-state index contributed by atoms with van der Waals surface area (Å²) in [6.45, 7) is 17.0. The second-order valence-electron chi connectivity index (χ2n) is 6.53. The van der Waals surface area contributed by atoms with Crippen LogP contribution in [0.5, 0.6) is 0 Å². The van der Waals surface area contributed by atoms with Crippen LogP contribution in [0, 0.1) is 11.8 Å². The first-order valence-electron chi connectivity index (χ1n) is 8.12. The van der Waals surface area contributed by atoms with Crippen LogP contribution >= 0.6 is 0 Å². The monoisotopic (exact) mass is 285 g/mol. The van der Waals surface area contributed by atoms with Crippen LogP contribution in [0.2, 0.25) is 0 Å². The molecule has 0 spiro atoms. The molecule has 0 saturated heterocycles. The topological polar surface area (TPSA) is 12.0 Å². The minimum atomic E-state index is 0.454. The van der Waals surface area contributed by atoms with Gasteiger partial charge in [0, 0.05) is 11.4 Å². The van der Waals surface area contributed by atoms with Crippen LogP contribution in [0.25, 0.3) is 0 Å². The molecule has 0 atom stereocenters. The zero-order valence-corrected chi connectivity index (χ0v) is 14.2. The van der Waals surface area contributed by atoms with E-state index in [-0.39, 0.29) is 0 Å². The lowest BCUT2D eigenvalue weighted by Crippen LogP contribution is -2.04. The third-order valence-electron chi connectivity index (χ3n) is 3.96. The highest BCUT2D eigenvalue weighted by Gasteiger charge is 2.03. The fourth-order valence-corrected chi connectivity index (χ4v) is 2.10. The number of allylic oxidation sites excluding steroid dienone is 2. The molecular weight excluding hydrogens is 254 g/mol. The van der Waals surface area contributed by atoms with Crippen molar-refractivity contribution >= 4 is 5.69 Å². The van der Waals surface area contributed by atoms with E-state index in [0.29, 0.717) is 11.8 Å². The number of benzene rings is 1. The summed E-state index contributed by atoms with van der Waals surface area (Å²) < 4.78 is 0. The van der Waals surface area contributed by atoms with Gasteiger partial charge in [-0.3, -0.25) is 0 Å². The molecule has 0 fully saturated rings. The van der Waals surface area contributed by atoms with E-state index in [1.807, 2.05) is 0 Å². The first-order chi connectivity index (χ1) is 9.90. The van der Waals surface area contributed by atoms with Crippen LogP contribution in [0.3, 0.4) is 0 Å². The smallest absolute Gasteiger partial charge is 0.0384 e. The van der Waals surface area contributed by atoms with Crippen molar-refractivity contribution in [2.45, 2.75) is 53.4 Å². The number of hydrogen-bond acceptors (Lipinski definition) is 1. The molecule has 1 aromatic carbocycles. The molecule has 0 aliphatic heterocycles. The van der Waals surface area contributed by atoms with Gasteiger partial charge in [-0.2, -0.15) is 0 Å². The Balaban J connectivity index is 2.42. The Kier molecular flexibility index (Phi) is 7.28. The maximum atomic E-state index is 4.14. The van der Waals surface area contributed by atoms with E-state index in [1.165, 1.54) is 24.0 Å². The minimum absolute atomic E-state index is 0.454. The molecule has 116 valence electrons. The van der Waals surface area contributed by atoms with Gasteiger partial charge in [0.15, 0.2) is 0 Å².